The first-order valence-electron chi connectivity index (χ1n) is 2.90. The average molecular weight is 263 g/mol. The fourth-order valence-corrected chi connectivity index (χ4v) is 1.31. The van der Waals surface area contributed by atoms with Gasteiger partial charge in [0.1, 0.15) is 0 Å². The quantitative estimate of drug-likeness (QED) is 0.597. The van der Waals surface area contributed by atoms with E-state index in [-0.39, 0.29) is 5.56 Å². The Kier molecular flexibility index (Phi) is 2.33. The molecule has 11 heavy (non-hydrogen) atoms. The SMILES string of the molecule is Nc1cccc(C(=O)O)c1I. The average Bonchev–Trinajstić information content (AvgIpc) is 1.94. The maximum Gasteiger partial charge on any atom is 0.336 e. The molecule has 0 amide bonds. The molecule has 0 fully saturated rings. The molecular formula is C7H6INO2. The molecule has 0 saturated carbocycles. The predicted octanol–water partition coefficient (Wildman–Crippen LogP) is 1.57. The van der Waals surface area contributed by atoms with Gasteiger partial charge in [-0.1, -0.05) is 6.07 Å². The van der Waals surface area contributed by atoms with Gasteiger partial charge >= 0.3 is 5.97 Å². The molecule has 0 atom stereocenters. The van der Waals surface area contributed by atoms with Crippen molar-refractivity contribution in [3.63, 3.8) is 0 Å². The second-order valence-corrected chi connectivity index (χ2v) is 3.09. The Hall–Kier alpha value is -0.780. The minimum Gasteiger partial charge on any atom is -0.478 e. The van der Waals surface area contributed by atoms with Crippen molar-refractivity contribution in [3.8, 4) is 0 Å². The Labute approximate surface area is 77.4 Å². The Morgan fingerprint density at radius 2 is 2.18 bits per heavy atom. The fourth-order valence-electron chi connectivity index (χ4n) is 0.715. The van der Waals surface area contributed by atoms with Gasteiger partial charge in [-0.05, 0) is 34.7 Å². The van der Waals surface area contributed by atoms with Crippen LogP contribution < -0.4 is 5.73 Å². The fraction of sp³-hybridized carbons (Fsp3) is 0. The largest absolute Gasteiger partial charge is 0.478 e. The Morgan fingerprint density at radius 3 is 2.64 bits per heavy atom. The van der Waals surface area contributed by atoms with Crippen LogP contribution >= 0.6 is 22.6 Å². The van der Waals surface area contributed by atoms with Crippen LogP contribution in [0.2, 0.25) is 0 Å². The number of halogens is 1. The lowest BCUT2D eigenvalue weighted by atomic mass is 10.2. The van der Waals surface area contributed by atoms with E-state index in [9.17, 15) is 4.79 Å². The lowest BCUT2D eigenvalue weighted by Crippen LogP contribution is -2.01. The summed E-state index contributed by atoms with van der Waals surface area (Å²) in [6, 6.07) is 4.83. The number of carboxylic acid groups (broad SMARTS) is 1. The Morgan fingerprint density at radius 1 is 1.55 bits per heavy atom. The summed E-state index contributed by atoms with van der Waals surface area (Å²) in [5.74, 6) is -0.943. The van der Waals surface area contributed by atoms with E-state index in [1.54, 1.807) is 12.1 Å². The molecular weight excluding hydrogens is 257 g/mol. The molecule has 3 N–H and O–H groups in total. The van der Waals surface area contributed by atoms with Crippen molar-refractivity contribution in [2.75, 3.05) is 5.73 Å². The second kappa shape index (κ2) is 3.08. The van der Waals surface area contributed by atoms with Crippen molar-refractivity contribution in [1.29, 1.82) is 0 Å². The molecule has 0 saturated heterocycles. The van der Waals surface area contributed by atoms with Gasteiger partial charge in [0.25, 0.3) is 0 Å². The Bertz CT molecular complexity index is 298. The van der Waals surface area contributed by atoms with Gasteiger partial charge in [-0.25, -0.2) is 4.79 Å². The van der Waals surface area contributed by atoms with Gasteiger partial charge in [0.05, 0.1) is 9.13 Å². The molecule has 1 aromatic rings. The van der Waals surface area contributed by atoms with Gasteiger partial charge < -0.3 is 10.8 Å². The Balaban J connectivity index is 3.27. The molecule has 0 aliphatic rings. The molecule has 1 aromatic carbocycles. The lowest BCUT2D eigenvalue weighted by molar-refractivity contribution is 0.0696. The summed E-state index contributed by atoms with van der Waals surface area (Å²) in [6.07, 6.45) is 0. The van der Waals surface area contributed by atoms with Gasteiger partial charge in [0.15, 0.2) is 0 Å². The summed E-state index contributed by atoms with van der Waals surface area (Å²) in [4.78, 5) is 10.5. The third-order valence-corrected chi connectivity index (χ3v) is 2.46. The van der Waals surface area contributed by atoms with E-state index in [0.29, 0.717) is 9.26 Å². The highest BCUT2D eigenvalue weighted by atomic mass is 127. The normalized spacial score (nSPS) is 9.55. The van der Waals surface area contributed by atoms with E-state index in [1.807, 2.05) is 22.6 Å². The van der Waals surface area contributed by atoms with Crippen LogP contribution in [0.1, 0.15) is 10.4 Å². The summed E-state index contributed by atoms with van der Waals surface area (Å²) in [5.41, 5.74) is 6.25. The molecule has 0 bridgehead atoms. The summed E-state index contributed by atoms with van der Waals surface area (Å²) in [7, 11) is 0. The first-order valence-corrected chi connectivity index (χ1v) is 3.98. The van der Waals surface area contributed by atoms with Crippen molar-refractivity contribution in [2.24, 2.45) is 0 Å². The van der Waals surface area contributed by atoms with E-state index in [2.05, 4.69) is 0 Å². The van der Waals surface area contributed by atoms with Crippen molar-refractivity contribution < 1.29 is 9.90 Å². The number of rotatable bonds is 1. The first kappa shape index (κ1) is 8.32. The molecule has 58 valence electrons. The van der Waals surface area contributed by atoms with Gasteiger partial charge in [-0.2, -0.15) is 0 Å². The van der Waals surface area contributed by atoms with E-state index in [4.69, 9.17) is 10.8 Å². The van der Waals surface area contributed by atoms with Gasteiger partial charge in [-0.15, -0.1) is 0 Å². The third kappa shape index (κ3) is 1.62. The zero-order valence-corrected chi connectivity index (χ0v) is 7.70. The highest BCUT2D eigenvalue weighted by molar-refractivity contribution is 14.1. The van der Waals surface area contributed by atoms with Crippen LogP contribution in [0.3, 0.4) is 0 Å². The van der Waals surface area contributed by atoms with E-state index in [1.165, 1.54) is 6.07 Å². The summed E-state index contributed by atoms with van der Waals surface area (Å²) < 4.78 is 0.595. The van der Waals surface area contributed by atoms with Crippen molar-refractivity contribution in [3.05, 3.63) is 27.3 Å². The van der Waals surface area contributed by atoms with Gasteiger partial charge in [-0.3, -0.25) is 0 Å². The third-order valence-electron chi connectivity index (χ3n) is 1.26. The van der Waals surface area contributed by atoms with Gasteiger partial charge in [0.2, 0.25) is 0 Å². The molecule has 3 nitrogen and oxygen atoms in total. The number of nitrogens with two attached hydrogens (primary N) is 1. The highest BCUT2D eigenvalue weighted by Crippen LogP contribution is 2.18. The second-order valence-electron chi connectivity index (χ2n) is 2.01. The lowest BCUT2D eigenvalue weighted by Gasteiger charge is -2.00. The minimum atomic E-state index is -0.943. The molecule has 1 rings (SSSR count). The smallest absolute Gasteiger partial charge is 0.336 e. The number of aromatic carboxylic acids is 1. The van der Waals surface area contributed by atoms with Gasteiger partial charge in [0, 0.05) is 5.69 Å². The maximum absolute atomic E-state index is 10.5. The van der Waals surface area contributed by atoms with Crippen LogP contribution in [-0.4, -0.2) is 11.1 Å². The van der Waals surface area contributed by atoms with Crippen molar-refractivity contribution in [1.82, 2.24) is 0 Å². The number of nitrogen functional groups attached to an aromatic ring is 1. The van der Waals surface area contributed by atoms with Crippen molar-refractivity contribution >= 4 is 34.2 Å². The summed E-state index contributed by atoms with van der Waals surface area (Å²) >= 11 is 1.91. The standard InChI is InChI=1S/C7H6INO2/c8-6-4(7(10)11)2-1-3-5(6)9/h1-3H,9H2,(H,10,11). The van der Waals surface area contributed by atoms with E-state index < -0.39 is 5.97 Å². The molecule has 0 aromatic heterocycles. The van der Waals surface area contributed by atoms with Crippen LogP contribution in [0.5, 0.6) is 0 Å². The molecule has 0 radical (unpaired) electrons. The minimum absolute atomic E-state index is 0.255. The van der Waals surface area contributed by atoms with E-state index >= 15 is 0 Å². The number of hydrogen-bond donors (Lipinski definition) is 2. The zero-order chi connectivity index (χ0) is 8.43. The number of anilines is 1. The molecule has 0 unspecified atom stereocenters. The molecule has 0 heterocycles. The number of carbonyl (C=O) groups is 1. The molecule has 4 heteroatoms. The number of carboxylic acids is 1. The summed E-state index contributed by atoms with van der Waals surface area (Å²) in [6.45, 7) is 0. The molecule has 0 aliphatic heterocycles. The first-order chi connectivity index (χ1) is 5.13. The van der Waals surface area contributed by atoms with Crippen LogP contribution in [0.25, 0.3) is 0 Å². The predicted molar refractivity (Wildman–Crippen MR) is 50.5 cm³/mol. The zero-order valence-electron chi connectivity index (χ0n) is 5.54. The van der Waals surface area contributed by atoms with Crippen molar-refractivity contribution in [2.45, 2.75) is 0 Å². The van der Waals surface area contributed by atoms with Crippen LogP contribution in [0, 0.1) is 3.57 Å². The topological polar surface area (TPSA) is 63.3 Å². The molecule has 0 aliphatic carbocycles. The van der Waals surface area contributed by atoms with Crippen LogP contribution in [0.15, 0.2) is 18.2 Å². The summed E-state index contributed by atoms with van der Waals surface area (Å²) in [5, 5.41) is 8.63. The van der Waals surface area contributed by atoms with Crippen LogP contribution in [0.4, 0.5) is 5.69 Å². The van der Waals surface area contributed by atoms with E-state index in [0.717, 1.165) is 0 Å². The van der Waals surface area contributed by atoms with Crippen LogP contribution in [-0.2, 0) is 0 Å². The maximum atomic E-state index is 10.5. The monoisotopic (exact) mass is 263 g/mol. The number of hydrogen-bond acceptors (Lipinski definition) is 2. The number of benzene rings is 1. The molecule has 0 spiro atoms. The highest BCUT2D eigenvalue weighted by Gasteiger charge is 2.08.